The van der Waals surface area contributed by atoms with Gasteiger partial charge in [0.05, 0.1) is 29.3 Å². The highest BCUT2D eigenvalue weighted by Crippen LogP contribution is 2.30. The van der Waals surface area contributed by atoms with E-state index >= 15 is 0 Å². The van der Waals surface area contributed by atoms with Gasteiger partial charge in [-0.15, -0.1) is 0 Å². The topological polar surface area (TPSA) is 70.1 Å². The summed E-state index contributed by atoms with van der Waals surface area (Å²) in [5.74, 6) is 0. The summed E-state index contributed by atoms with van der Waals surface area (Å²) in [6.45, 7) is 12.1. The van der Waals surface area contributed by atoms with Crippen molar-refractivity contribution >= 4 is 23.2 Å². The number of allylic oxidation sites excluding steroid dienone is 5. The number of carbonyl (C=O) groups is 1. The van der Waals surface area contributed by atoms with Crippen LogP contribution in [-0.4, -0.2) is 60.0 Å². The van der Waals surface area contributed by atoms with E-state index in [0.717, 1.165) is 54.2 Å². The fourth-order valence-corrected chi connectivity index (χ4v) is 4.11. The van der Waals surface area contributed by atoms with E-state index in [0.29, 0.717) is 6.54 Å². The Kier molecular flexibility index (Phi) is 8.90. The zero-order chi connectivity index (χ0) is 25.4. The van der Waals surface area contributed by atoms with Gasteiger partial charge in [-0.25, -0.2) is 4.79 Å². The van der Waals surface area contributed by atoms with Gasteiger partial charge in [0.1, 0.15) is 5.60 Å². The minimum absolute atomic E-state index is 0.101. The number of aromatic nitrogens is 1. The Bertz CT molecular complexity index is 1050. The van der Waals surface area contributed by atoms with Crippen molar-refractivity contribution in [3.05, 3.63) is 66.2 Å². The van der Waals surface area contributed by atoms with Crippen LogP contribution in [0, 0.1) is 0 Å². The largest absolute Gasteiger partial charge is 0.444 e. The number of anilines is 2. The van der Waals surface area contributed by atoms with Crippen LogP contribution in [0.25, 0.3) is 0 Å². The quantitative estimate of drug-likeness (QED) is 0.542. The van der Waals surface area contributed by atoms with Crippen molar-refractivity contribution in [2.24, 2.45) is 4.99 Å². The van der Waals surface area contributed by atoms with Gasteiger partial charge in [0.15, 0.2) is 0 Å². The van der Waals surface area contributed by atoms with E-state index in [9.17, 15) is 4.79 Å². The number of aliphatic imine (C=N–C) groups is 1. The first kappa shape index (κ1) is 26.3. The molecule has 35 heavy (non-hydrogen) atoms. The van der Waals surface area contributed by atoms with E-state index in [4.69, 9.17) is 4.74 Å². The summed E-state index contributed by atoms with van der Waals surface area (Å²) in [7, 11) is 1.82. The third kappa shape index (κ3) is 7.31. The highest BCUT2D eigenvalue weighted by Gasteiger charge is 2.31. The molecule has 0 bridgehead atoms. The summed E-state index contributed by atoms with van der Waals surface area (Å²) in [4.78, 5) is 25.5. The maximum atomic E-state index is 12.5. The highest BCUT2D eigenvalue weighted by atomic mass is 16.6. The van der Waals surface area contributed by atoms with Crippen molar-refractivity contribution in [2.45, 2.75) is 59.1 Å². The van der Waals surface area contributed by atoms with Gasteiger partial charge in [-0.05, 0) is 63.8 Å². The zero-order valence-corrected chi connectivity index (χ0v) is 21.9. The van der Waals surface area contributed by atoms with Crippen LogP contribution in [0.15, 0.2) is 71.2 Å². The number of likely N-dealkylation sites (N-methyl/N-ethyl adjacent to an activating group) is 1. The number of nitrogens with one attached hydrogen (secondary N) is 1. The summed E-state index contributed by atoms with van der Waals surface area (Å²) < 4.78 is 5.55. The fraction of sp³-hybridized carbons (Fsp3) is 0.464. The number of ether oxygens (including phenoxy) is 1. The van der Waals surface area contributed by atoms with E-state index in [2.05, 4.69) is 51.4 Å². The lowest BCUT2D eigenvalue weighted by Crippen LogP contribution is -2.42. The van der Waals surface area contributed by atoms with E-state index in [1.165, 1.54) is 0 Å². The summed E-state index contributed by atoms with van der Waals surface area (Å²) in [5, 5.41) is 3.56. The molecule has 1 aliphatic carbocycles. The summed E-state index contributed by atoms with van der Waals surface area (Å²) in [6, 6.07) is 2.13. The lowest BCUT2D eigenvalue weighted by Gasteiger charge is -2.29. The van der Waals surface area contributed by atoms with Crippen molar-refractivity contribution in [3.8, 4) is 0 Å². The molecule has 0 radical (unpaired) electrons. The molecule has 0 aromatic carbocycles. The molecule has 1 unspecified atom stereocenters. The molecule has 1 atom stereocenters. The van der Waals surface area contributed by atoms with Gasteiger partial charge in [0, 0.05) is 39.1 Å². The van der Waals surface area contributed by atoms with Crippen LogP contribution in [0.1, 0.15) is 47.5 Å². The molecule has 0 saturated carbocycles. The van der Waals surface area contributed by atoms with Gasteiger partial charge in [-0.3, -0.25) is 9.98 Å². The summed E-state index contributed by atoms with van der Waals surface area (Å²) >= 11 is 0. The molecular formula is C28H39N5O2. The van der Waals surface area contributed by atoms with Gasteiger partial charge in [0.2, 0.25) is 0 Å². The predicted octanol–water partition coefficient (Wildman–Crippen LogP) is 5.75. The normalized spacial score (nSPS) is 20.6. The minimum atomic E-state index is -0.501. The Morgan fingerprint density at radius 2 is 2.17 bits per heavy atom. The number of nitrogens with zero attached hydrogens (tertiary/aromatic N) is 4. The average Bonchev–Trinajstić information content (AvgIpc) is 3.31. The smallest absolute Gasteiger partial charge is 0.410 e. The van der Waals surface area contributed by atoms with E-state index in [1.807, 2.05) is 65.5 Å². The zero-order valence-electron chi connectivity index (χ0n) is 21.9. The average molecular weight is 478 g/mol. The molecule has 0 spiro atoms. The number of amides is 1. The van der Waals surface area contributed by atoms with Crippen LogP contribution in [0.4, 0.5) is 16.2 Å². The van der Waals surface area contributed by atoms with Crippen LogP contribution >= 0.6 is 0 Å². The molecular weight excluding hydrogens is 438 g/mol. The Morgan fingerprint density at radius 3 is 2.89 bits per heavy atom. The van der Waals surface area contributed by atoms with Gasteiger partial charge in [-0.2, -0.15) is 0 Å². The maximum Gasteiger partial charge on any atom is 0.410 e. The third-order valence-electron chi connectivity index (χ3n) is 5.90. The minimum Gasteiger partial charge on any atom is -0.444 e. The first-order chi connectivity index (χ1) is 16.7. The van der Waals surface area contributed by atoms with E-state index in [-0.39, 0.29) is 12.1 Å². The Balaban J connectivity index is 1.68. The number of rotatable bonds is 7. The lowest BCUT2D eigenvalue weighted by atomic mass is 9.99. The van der Waals surface area contributed by atoms with Gasteiger partial charge >= 0.3 is 6.09 Å². The molecule has 1 fully saturated rings. The monoisotopic (exact) mass is 477 g/mol. The molecule has 1 N–H and O–H groups in total. The highest BCUT2D eigenvalue weighted by molar-refractivity contribution is 6.12. The maximum absolute atomic E-state index is 12.5. The molecule has 1 aromatic rings. The first-order valence-corrected chi connectivity index (χ1v) is 12.4. The molecule has 2 aliphatic rings. The standard InChI is InChI=1S/C28H39N5O2/c1-7-9-22-11-10-21(17-24(22)30-14-8-2)18-31-25-19-29-15-12-26(25)33-16-13-23(20-33)32(6)27(34)35-28(3,4)5/h8-12,14-15,17,19,23,31H,7,13,16,18,20H2,1-6H3/b14-8-,22-9+,30-24+. The Morgan fingerprint density at radius 1 is 1.37 bits per heavy atom. The molecule has 1 aromatic heterocycles. The van der Waals surface area contributed by atoms with Crippen LogP contribution < -0.4 is 10.2 Å². The SMILES string of the molecule is C\C=C/N=C1\C=C(CNc2cnccc2N2CCC(N(C)C(=O)OC(C)(C)C)C2)C=C\C1=C/CC. The Hall–Kier alpha value is -3.35. The van der Waals surface area contributed by atoms with Crippen LogP contribution in [0.2, 0.25) is 0 Å². The fourth-order valence-electron chi connectivity index (χ4n) is 4.11. The third-order valence-corrected chi connectivity index (χ3v) is 5.90. The van der Waals surface area contributed by atoms with Crippen LogP contribution in [-0.2, 0) is 4.74 Å². The van der Waals surface area contributed by atoms with Crippen molar-refractivity contribution in [3.63, 3.8) is 0 Å². The number of pyridine rings is 1. The summed E-state index contributed by atoms with van der Waals surface area (Å²) in [5.41, 5.74) is 4.84. The number of hydrogen-bond acceptors (Lipinski definition) is 6. The van der Waals surface area contributed by atoms with Gasteiger partial charge in [0.25, 0.3) is 0 Å². The van der Waals surface area contributed by atoms with Crippen molar-refractivity contribution in [1.82, 2.24) is 9.88 Å². The molecule has 188 valence electrons. The molecule has 2 heterocycles. The molecule has 7 nitrogen and oxygen atoms in total. The molecule has 1 aliphatic heterocycles. The second-order valence-electron chi connectivity index (χ2n) is 9.84. The van der Waals surface area contributed by atoms with Crippen LogP contribution in [0.5, 0.6) is 0 Å². The van der Waals surface area contributed by atoms with Gasteiger partial charge in [-0.1, -0.05) is 31.2 Å². The second-order valence-corrected chi connectivity index (χ2v) is 9.84. The van der Waals surface area contributed by atoms with Crippen LogP contribution in [0.3, 0.4) is 0 Å². The van der Waals surface area contributed by atoms with Crippen molar-refractivity contribution < 1.29 is 9.53 Å². The molecule has 3 rings (SSSR count). The van der Waals surface area contributed by atoms with Crippen molar-refractivity contribution in [2.75, 3.05) is 36.9 Å². The first-order valence-electron chi connectivity index (χ1n) is 12.4. The molecule has 7 heteroatoms. The number of hydrogen-bond donors (Lipinski definition) is 1. The van der Waals surface area contributed by atoms with E-state index < -0.39 is 5.60 Å². The molecule has 1 saturated heterocycles. The van der Waals surface area contributed by atoms with Crippen molar-refractivity contribution in [1.29, 1.82) is 0 Å². The van der Waals surface area contributed by atoms with E-state index in [1.54, 1.807) is 4.90 Å². The van der Waals surface area contributed by atoms with Gasteiger partial charge < -0.3 is 19.9 Å². The predicted molar refractivity (Wildman–Crippen MR) is 145 cm³/mol. The Labute approximate surface area is 210 Å². The summed E-state index contributed by atoms with van der Waals surface area (Å²) in [6.07, 6.45) is 17.6. The number of carbonyl (C=O) groups excluding carboxylic acids is 1. The lowest BCUT2D eigenvalue weighted by molar-refractivity contribution is 0.0238. The molecule has 1 amide bonds. The second kappa shape index (κ2) is 11.9.